The Balaban J connectivity index is 1.38. The Bertz CT molecular complexity index is 873. The molecule has 1 aromatic carbocycles. The molecule has 4 rings (SSSR count). The summed E-state index contributed by atoms with van der Waals surface area (Å²) in [4.78, 5) is 19.0. The molecule has 5 nitrogen and oxygen atoms in total. The summed E-state index contributed by atoms with van der Waals surface area (Å²) in [5, 5.41) is 0.715. The first-order valence-corrected chi connectivity index (χ1v) is 9.30. The Labute approximate surface area is 150 Å². The van der Waals surface area contributed by atoms with Gasteiger partial charge < -0.3 is 14.1 Å². The van der Waals surface area contributed by atoms with Crippen LogP contribution in [-0.2, 0) is 0 Å². The highest BCUT2D eigenvalue weighted by Gasteiger charge is 2.27. The number of amides is 1. The Morgan fingerprint density at radius 3 is 2.72 bits per heavy atom. The van der Waals surface area contributed by atoms with Crippen LogP contribution in [0.2, 0.25) is 0 Å². The number of carbonyl (C=O) groups is 1. The summed E-state index contributed by atoms with van der Waals surface area (Å²) in [6, 6.07) is 9.86. The molecule has 1 aliphatic rings. The molecular weight excluding hydrogens is 336 g/mol. The van der Waals surface area contributed by atoms with Gasteiger partial charge in [-0.1, -0.05) is 23.5 Å². The molecule has 130 valence electrons. The summed E-state index contributed by atoms with van der Waals surface area (Å²) < 4.78 is 12.7. The SMILES string of the molecule is Cc1cc(C(=O)N2CCC(Oc3nc4ccccc4s3)CC2)c(C)o1. The van der Waals surface area contributed by atoms with E-state index in [4.69, 9.17) is 9.15 Å². The van der Waals surface area contributed by atoms with Crippen LogP contribution >= 0.6 is 11.3 Å². The fourth-order valence-electron chi connectivity index (χ4n) is 3.23. The van der Waals surface area contributed by atoms with Crippen LogP contribution in [0.5, 0.6) is 5.19 Å². The lowest BCUT2D eigenvalue weighted by Crippen LogP contribution is -2.41. The summed E-state index contributed by atoms with van der Waals surface area (Å²) in [6.07, 6.45) is 1.74. The molecule has 0 spiro atoms. The Morgan fingerprint density at radius 2 is 2.04 bits per heavy atom. The Kier molecular flexibility index (Phi) is 4.21. The van der Waals surface area contributed by atoms with Gasteiger partial charge in [-0.15, -0.1) is 0 Å². The van der Waals surface area contributed by atoms with Crippen LogP contribution in [0.1, 0.15) is 34.7 Å². The fraction of sp³-hybridized carbons (Fsp3) is 0.368. The number of aromatic nitrogens is 1. The number of carbonyl (C=O) groups excluding carboxylic acids is 1. The van der Waals surface area contributed by atoms with Gasteiger partial charge in [0.2, 0.25) is 0 Å². The topological polar surface area (TPSA) is 55.6 Å². The van der Waals surface area contributed by atoms with Gasteiger partial charge in [-0.05, 0) is 32.0 Å². The lowest BCUT2D eigenvalue weighted by Gasteiger charge is -2.31. The summed E-state index contributed by atoms with van der Waals surface area (Å²) >= 11 is 1.57. The number of hydrogen-bond donors (Lipinski definition) is 0. The van der Waals surface area contributed by atoms with Crippen molar-refractivity contribution in [1.29, 1.82) is 0 Å². The number of ether oxygens (including phenoxy) is 1. The number of aryl methyl sites for hydroxylation is 2. The van der Waals surface area contributed by atoms with Crippen LogP contribution in [0.15, 0.2) is 34.7 Å². The first-order chi connectivity index (χ1) is 12.1. The van der Waals surface area contributed by atoms with Gasteiger partial charge in [0.15, 0.2) is 0 Å². The van der Waals surface area contributed by atoms with Gasteiger partial charge in [-0.2, -0.15) is 0 Å². The smallest absolute Gasteiger partial charge is 0.274 e. The molecule has 0 saturated carbocycles. The van der Waals surface area contributed by atoms with E-state index in [1.165, 1.54) is 0 Å². The van der Waals surface area contributed by atoms with Crippen molar-refractivity contribution in [3.63, 3.8) is 0 Å². The zero-order chi connectivity index (χ0) is 17.4. The molecule has 0 N–H and O–H groups in total. The van der Waals surface area contributed by atoms with Crippen molar-refractivity contribution in [2.75, 3.05) is 13.1 Å². The molecule has 0 atom stereocenters. The largest absolute Gasteiger partial charge is 0.467 e. The highest BCUT2D eigenvalue weighted by atomic mass is 32.1. The molecule has 0 unspecified atom stereocenters. The van der Waals surface area contributed by atoms with E-state index >= 15 is 0 Å². The number of hydrogen-bond acceptors (Lipinski definition) is 5. The van der Waals surface area contributed by atoms with E-state index < -0.39 is 0 Å². The number of benzene rings is 1. The van der Waals surface area contributed by atoms with E-state index in [0.29, 0.717) is 29.6 Å². The van der Waals surface area contributed by atoms with Crippen molar-refractivity contribution in [3.8, 4) is 5.19 Å². The average molecular weight is 356 g/mol. The highest BCUT2D eigenvalue weighted by Crippen LogP contribution is 2.29. The summed E-state index contributed by atoms with van der Waals surface area (Å²) in [7, 11) is 0. The standard InChI is InChI=1S/C19H20N2O3S/c1-12-11-15(13(2)23-12)18(22)21-9-7-14(8-10-21)24-19-20-16-5-3-4-6-17(16)25-19/h3-6,11,14H,7-10H2,1-2H3. The number of furan rings is 1. The van der Waals surface area contributed by atoms with E-state index in [1.807, 2.05) is 43.0 Å². The monoisotopic (exact) mass is 356 g/mol. The predicted octanol–water partition coefficient (Wildman–Crippen LogP) is 4.19. The maximum atomic E-state index is 12.6. The summed E-state index contributed by atoms with van der Waals surface area (Å²) in [6.45, 7) is 5.08. The fourth-order valence-corrected chi connectivity index (χ4v) is 4.12. The van der Waals surface area contributed by atoms with Gasteiger partial charge in [-0.25, -0.2) is 4.98 Å². The van der Waals surface area contributed by atoms with Gasteiger partial charge in [0.05, 0.1) is 15.8 Å². The third kappa shape index (κ3) is 3.26. The van der Waals surface area contributed by atoms with Gasteiger partial charge in [-0.3, -0.25) is 4.79 Å². The van der Waals surface area contributed by atoms with Crippen LogP contribution in [-0.4, -0.2) is 35.0 Å². The molecule has 6 heteroatoms. The lowest BCUT2D eigenvalue weighted by molar-refractivity contribution is 0.0594. The maximum absolute atomic E-state index is 12.6. The molecule has 0 aliphatic carbocycles. The number of likely N-dealkylation sites (tertiary alicyclic amines) is 1. The third-order valence-corrected chi connectivity index (χ3v) is 5.47. The van der Waals surface area contributed by atoms with Crippen molar-refractivity contribution in [1.82, 2.24) is 9.88 Å². The van der Waals surface area contributed by atoms with Crippen molar-refractivity contribution < 1.29 is 13.9 Å². The first-order valence-electron chi connectivity index (χ1n) is 8.48. The quantitative estimate of drug-likeness (QED) is 0.706. The average Bonchev–Trinajstić information content (AvgIpc) is 3.16. The Morgan fingerprint density at radius 1 is 1.28 bits per heavy atom. The molecule has 25 heavy (non-hydrogen) atoms. The molecule has 0 radical (unpaired) electrons. The van der Waals surface area contributed by atoms with E-state index in [0.717, 1.165) is 28.8 Å². The number of para-hydroxylation sites is 1. The first kappa shape index (κ1) is 16.1. The van der Waals surface area contributed by atoms with Crippen LogP contribution < -0.4 is 4.74 Å². The van der Waals surface area contributed by atoms with Crippen LogP contribution in [0, 0.1) is 13.8 Å². The minimum atomic E-state index is 0.0489. The van der Waals surface area contributed by atoms with Crippen molar-refractivity contribution in [2.24, 2.45) is 0 Å². The molecule has 3 heterocycles. The molecule has 1 fully saturated rings. The highest BCUT2D eigenvalue weighted by molar-refractivity contribution is 7.20. The number of fused-ring (bicyclic) bond motifs is 1. The molecular formula is C19H20N2O3S. The van der Waals surface area contributed by atoms with Gasteiger partial charge in [0.25, 0.3) is 11.1 Å². The van der Waals surface area contributed by atoms with Gasteiger partial charge >= 0.3 is 0 Å². The second kappa shape index (κ2) is 6.52. The van der Waals surface area contributed by atoms with Crippen molar-refractivity contribution in [2.45, 2.75) is 32.8 Å². The predicted molar refractivity (Wildman–Crippen MR) is 97.4 cm³/mol. The molecule has 1 saturated heterocycles. The number of thiazole rings is 1. The van der Waals surface area contributed by atoms with E-state index in [1.54, 1.807) is 11.3 Å². The number of nitrogens with zero attached hydrogens (tertiary/aromatic N) is 2. The van der Waals surface area contributed by atoms with Crippen molar-refractivity contribution in [3.05, 3.63) is 47.4 Å². The molecule has 1 aliphatic heterocycles. The van der Waals surface area contributed by atoms with Gasteiger partial charge in [0, 0.05) is 25.9 Å². The molecule has 2 aromatic heterocycles. The Hall–Kier alpha value is -2.34. The number of rotatable bonds is 3. The van der Waals surface area contributed by atoms with E-state index in [9.17, 15) is 4.79 Å². The second-order valence-corrected chi connectivity index (χ2v) is 7.38. The molecule has 1 amide bonds. The second-order valence-electron chi connectivity index (χ2n) is 6.38. The molecule has 3 aromatic rings. The van der Waals surface area contributed by atoms with Crippen LogP contribution in [0.3, 0.4) is 0 Å². The summed E-state index contributed by atoms with van der Waals surface area (Å²) in [5.41, 5.74) is 1.64. The van der Waals surface area contributed by atoms with Gasteiger partial charge in [0.1, 0.15) is 17.6 Å². The minimum Gasteiger partial charge on any atom is -0.467 e. The normalized spacial score (nSPS) is 15.7. The molecule has 0 bridgehead atoms. The van der Waals surface area contributed by atoms with Crippen LogP contribution in [0.4, 0.5) is 0 Å². The zero-order valence-corrected chi connectivity index (χ0v) is 15.1. The number of piperidine rings is 1. The third-order valence-electron chi connectivity index (χ3n) is 4.54. The minimum absolute atomic E-state index is 0.0489. The summed E-state index contributed by atoms with van der Waals surface area (Å²) in [5.74, 6) is 1.51. The van der Waals surface area contributed by atoms with E-state index in [2.05, 4.69) is 11.1 Å². The lowest BCUT2D eigenvalue weighted by atomic mass is 10.1. The maximum Gasteiger partial charge on any atom is 0.274 e. The zero-order valence-electron chi connectivity index (χ0n) is 14.3. The van der Waals surface area contributed by atoms with Crippen molar-refractivity contribution >= 4 is 27.5 Å². The van der Waals surface area contributed by atoms with Crippen LogP contribution in [0.25, 0.3) is 10.2 Å². The van der Waals surface area contributed by atoms with E-state index in [-0.39, 0.29) is 12.0 Å².